The Labute approximate surface area is 50.2 Å². The van der Waals surface area contributed by atoms with E-state index < -0.39 is 18.0 Å². The minimum atomic E-state index is -1.80. The van der Waals surface area contributed by atoms with Gasteiger partial charge >= 0.3 is 11.9 Å². The molecule has 0 aromatic heterocycles. The van der Waals surface area contributed by atoms with Crippen molar-refractivity contribution in [2.75, 3.05) is 0 Å². The number of nitrogens with two attached hydrogens (primary N) is 1. The molecular weight excluding hydrogens is 130 g/mol. The minimum Gasteiger partial charge on any atom is -0.480 e. The number of carbonyl (C=O) groups is 2. The van der Waals surface area contributed by atoms with Crippen LogP contribution in [0.4, 0.5) is 0 Å². The average molecular weight is 137 g/mol. The van der Waals surface area contributed by atoms with Crippen molar-refractivity contribution in [2.45, 2.75) is 6.04 Å². The van der Waals surface area contributed by atoms with E-state index in [1.807, 2.05) is 0 Å². The Morgan fingerprint density at radius 1 is 1.22 bits per heavy atom. The standard InChI is InChI=1S/C3H5NO4.H2O/c4-1(2(5)6)3(7)8;/h1H,4H2,(H,5,6)(H,7,8);1H2. The molecule has 6 N–H and O–H groups in total. The summed E-state index contributed by atoms with van der Waals surface area (Å²) in [5.41, 5.74) is 4.56. The molecular formula is C3H7NO5. The summed E-state index contributed by atoms with van der Waals surface area (Å²) in [7, 11) is 0. The smallest absolute Gasteiger partial charge is 0.332 e. The first-order valence-electron chi connectivity index (χ1n) is 1.77. The van der Waals surface area contributed by atoms with Crippen molar-refractivity contribution >= 4 is 11.9 Å². The lowest BCUT2D eigenvalue weighted by Crippen LogP contribution is -2.38. The number of hydrogen-bond donors (Lipinski definition) is 3. The maximum absolute atomic E-state index is 9.63. The molecule has 0 fully saturated rings. The SMILES string of the molecule is NC(C(=O)O)C(=O)O.O. The maximum Gasteiger partial charge on any atom is 0.332 e. The second kappa shape index (κ2) is 3.81. The Morgan fingerprint density at radius 3 is 1.44 bits per heavy atom. The summed E-state index contributed by atoms with van der Waals surface area (Å²) in [5, 5.41) is 15.7. The first-order valence-corrected chi connectivity index (χ1v) is 1.77. The van der Waals surface area contributed by atoms with E-state index in [2.05, 4.69) is 5.73 Å². The second-order valence-electron chi connectivity index (χ2n) is 1.15. The summed E-state index contributed by atoms with van der Waals surface area (Å²) < 4.78 is 0. The van der Waals surface area contributed by atoms with Crippen molar-refractivity contribution in [3.8, 4) is 0 Å². The van der Waals surface area contributed by atoms with E-state index >= 15 is 0 Å². The van der Waals surface area contributed by atoms with Crippen LogP contribution in [0.2, 0.25) is 0 Å². The molecule has 6 heteroatoms. The molecule has 0 heterocycles. The molecule has 0 radical (unpaired) electrons. The largest absolute Gasteiger partial charge is 0.480 e. The molecule has 0 saturated carbocycles. The number of carboxylic acid groups (broad SMARTS) is 2. The van der Waals surface area contributed by atoms with Crippen LogP contribution in [-0.4, -0.2) is 33.7 Å². The van der Waals surface area contributed by atoms with E-state index in [-0.39, 0.29) is 5.48 Å². The van der Waals surface area contributed by atoms with E-state index in [1.165, 1.54) is 0 Å². The summed E-state index contributed by atoms with van der Waals surface area (Å²) in [5.74, 6) is -3.06. The van der Waals surface area contributed by atoms with Crippen molar-refractivity contribution < 1.29 is 25.3 Å². The van der Waals surface area contributed by atoms with Crippen molar-refractivity contribution in [3.63, 3.8) is 0 Å². The molecule has 0 aliphatic heterocycles. The normalized spacial score (nSPS) is 8.22. The molecule has 0 bridgehead atoms. The average Bonchev–Trinajstić information content (AvgIpc) is 1.64. The molecule has 6 nitrogen and oxygen atoms in total. The molecule has 0 aliphatic carbocycles. The van der Waals surface area contributed by atoms with Crippen LogP contribution >= 0.6 is 0 Å². The maximum atomic E-state index is 9.63. The van der Waals surface area contributed by atoms with Gasteiger partial charge in [0.05, 0.1) is 0 Å². The predicted octanol–water partition coefficient (Wildman–Crippen LogP) is -2.34. The molecule has 0 atom stereocenters. The number of rotatable bonds is 2. The van der Waals surface area contributed by atoms with Crippen LogP contribution in [0.5, 0.6) is 0 Å². The molecule has 0 unspecified atom stereocenters. The highest BCUT2D eigenvalue weighted by Crippen LogP contribution is 1.74. The van der Waals surface area contributed by atoms with Crippen LogP contribution < -0.4 is 5.73 Å². The van der Waals surface area contributed by atoms with Gasteiger partial charge in [-0.2, -0.15) is 0 Å². The van der Waals surface area contributed by atoms with Gasteiger partial charge in [-0.25, -0.2) is 9.59 Å². The lowest BCUT2D eigenvalue weighted by Gasteiger charge is -1.95. The van der Waals surface area contributed by atoms with Crippen LogP contribution in [0.1, 0.15) is 0 Å². The lowest BCUT2D eigenvalue weighted by atomic mass is 10.3. The molecule has 0 saturated heterocycles. The van der Waals surface area contributed by atoms with Crippen LogP contribution in [0.3, 0.4) is 0 Å². The third kappa shape index (κ3) is 3.44. The third-order valence-electron chi connectivity index (χ3n) is 0.532. The van der Waals surface area contributed by atoms with E-state index in [1.54, 1.807) is 0 Å². The Kier molecular flexibility index (Phi) is 4.56. The highest BCUT2D eigenvalue weighted by molar-refractivity contribution is 5.96. The molecule has 0 amide bonds. The number of carboxylic acids is 2. The summed E-state index contributed by atoms with van der Waals surface area (Å²) in [4.78, 5) is 19.3. The zero-order chi connectivity index (χ0) is 6.73. The Hall–Kier alpha value is -1.14. The predicted molar refractivity (Wildman–Crippen MR) is 26.9 cm³/mol. The minimum absolute atomic E-state index is 0. The van der Waals surface area contributed by atoms with Crippen molar-refractivity contribution in [1.82, 2.24) is 0 Å². The fourth-order valence-electron chi connectivity index (χ4n) is 0.106. The van der Waals surface area contributed by atoms with E-state index in [9.17, 15) is 9.59 Å². The lowest BCUT2D eigenvalue weighted by molar-refractivity contribution is -0.149. The van der Waals surface area contributed by atoms with E-state index in [4.69, 9.17) is 10.2 Å². The molecule has 0 spiro atoms. The topological polar surface area (TPSA) is 132 Å². The Morgan fingerprint density at radius 2 is 1.44 bits per heavy atom. The van der Waals surface area contributed by atoms with Crippen molar-refractivity contribution in [1.29, 1.82) is 0 Å². The molecule has 0 aliphatic rings. The van der Waals surface area contributed by atoms with Crippen LogP contribution in [0, 0.1) is 0 Å². The first-order chi connectivity index (χ1) is 3.55. The Bertz CT molecular complexity index is 107. The highest BCUT2D eigenvalue weighted by atomic mass is 16.4. The summed E-state index contributed by atoms with van der Waals surface area (Å²) >= 11 is 0. The van der Waals surface area contributed by atoms with Crippen LogP contribution in [0.25, 0.3) is 0 Å². The zero-order valence-corrected chi connectivity index (χ0v) is 4.37. The van der Waals surface area contributed by atoms with Crippen LogP contribution in [-0.2, 0) is 9.59 Å². The van der Waals surface area contributed by atoms with Gasteiger partial charge in [-0.1, -0.05) is 0 Å². The quantitative estimate of drug-likeness (QED) is 0.367. The molecule has 0 rings (SSSR count). The van der Waals surface area contributed by atoms with Gasteiger partial charge in [0.2, 0.25) is 6.04 Å². The summed E-state index contributed by atoms with van der Waals surface area (Å²) in [6.07, 6.45) is 0. The number of hydrogen-bond acceptors (Lipinski definition) is 3. The van der Waals surface area contributed by atoms with Gasteiger partial charge in [0.1, 0.15) is 0 Å². The van der Waals surface area contributed by atoms with Crippen molar-refractivity contribution in [2.24, 2.45) is 5.73 Å². The monoisotopic (exact) mass is 137 g/mol. The fraction of sp³-hybridized carbons (Fsp3) is 0.333. The molecule has 0 aromatic carbocycles. The van der Waals surface area contributed by atoms with Crippen molar-refractivity contribution in [3.05, 3.63) is 0 Å². The van der Waals surface area contributed by atoms with E-state index in [0.717, 1.165) is 0 Å². The van der Waals surface area contributed by atoms with Gasteiger partial charge in [0.15, 0.2) is 0 Å². The molecule has 9 heavy (non-hydrogen) atoms. The fourth-order valence-corrected chi connectivity index (χ4v) is 0.106. The highest BCUT2D eigenvalue weighted by Gasteiger charge is 2.18. The summed E-state index contributed by atoms with van der Waals surface area (Å²) in [6.45, 7) is 0. The van der Waals surface area contributed by atoms with Gasteiger partial charge in [0, 0.05) is 0 Å². The van der Waals surface area contributed by atoms with E-state index in [0.29, 0.717) is 0 Å². The molecule has 54 valence electrons. The number of aliphatic carboxylic acids is 2. The first kappa shape index (κ1) is 10.8. The van der Waals surface area contributed by atoms with Crippen LogP contribution in [0.15, 0.2) is 0 Å². The summed E-state index contributed by atoms with van der Waals surface area (Å²) in [6, 6.07) is -1.80. The second-order valence-corrected chi connectivity index (χ2v) is 1.15. The van der Waals surface area contributed by atoms with Gasteiger partial charge in [-0.3, -0.25) is 0 Å². The van der Waals surface area contributed by atoms with Gasteiger partial charge < -0.3 is 21.4 Å². The zero-order valence-electron chi connectivity index (χ0n) is 4.37. The van der Waals surface area contributed by atoms with Gasteiger partial charge in [0.25, 0.3) is 0 Å². The third-order valence-corrected chi connectivity index (χ3v) is 0.532. The molecule has 0 aromatic rings. The van der Waals surface area contributed by atoms with Gasteiger partial charge in [-0.05, 0) is 0 Å². The Balaban J connectivity index is 0. The van der Waals surface area contributed by atoms with Gasteiger partial charge in [-0.15, -0.1) is 0 Å².